The monoisotopic (exact) mass is 270 g/mol. The third kappa shape index (κ3) is 3.75. The van der Waals surface area contributed by atoms with Gasteiger partial charge in [-0.2, -0.15) is 0 Å². The molecule has 0 aliphatic carbocycles. The van der Waals surface area contributed by atoms with Gasteiger partial charge in [0.05, 0.1) is 6.54 Å². The number of anilines is 1. The van der Waals surface area contributed by atoms with Crippen LogP contribution in [0.25, 0.3) is 0 Å². The molecule has 0 bridgehead atoms. The molecule has 2 N–H and O–H groups in total. The minimum atomic E-state index is 0.504. The third-order valence-electron chi connectivity index (χ3n) is 3.35. The molecule has 0 aromatic heterocycles. The molecule has 3 nitrogen and oxygen atoms in total. The highest BCUT2D eigenvalue weighted by atomic mass is 16.5. The Morgan fingerprint density at radius 2 is 1.75 bits per heavy atom. The Kier molecular flexibility index (Phi) is 5.02. The summed E-state index contributed by atoms with van der Waals surface area (Å²) >= 11 is 0. The van der Waals surface area contributed by atoms with Crippen LogP contribution in [0.3, 0.4) is 0 Å². The summed E-state index contributed by atoms with van der Waals surface area (Å²) in [5.74, 6) is 0.882. The maximum absolute atomic E-state index is 5.82. The molecule has 0 aliphatic rings. The minimum absolute atomic E-state index is 0.504. The van der Waals surface area contributed by atoms with Crippen molar-refractivity contribution in [3.63, 3.8) is 0 Å². The first-order chi connectivity index (χ1) is 9.70. The molecule has 106 valence electrons. The van der Waals surface area contributed by atoms with Gasteiger partial charge < -0.3 is 15.4 Å². The lowest BCUT2D eigenvalue weighted by Crippen LogP contribution is -2.23. The Morgan fingerprint density at radius 1 is 1.05 bits per heavy atom. The summed E-state index contributed by atoms with van der Waals surface area (Å²) in [5.41, 5.74) is 9.22. The number of ether oxygens (including phenoxy) is 1. The Hall–Kier alpha value is -2.00. The molecule has 0 amide bonds. The number of rotatable bonds is 6. The number of hydrogen-bond acceptors (Lipinski definition) is 3. The average molecular weight is 270 g/mol. The van der Waals surface area contributed by atoms with Crippen LogP contribution in [0, 0.1) is 6.92 Å². The van der Waals surface area contributed by atoms with Crippen molar-refractivity contribution in [1.29, 1.82) is 0 Å². The van der Waals surface area contributed by atoms with E-state index in [-0.39, 0.29) is 0 Å². The molecular formula is C17H22N2O. The number of nitrogens with two attached hydrogens (primary N) is 1. The zero-order valence-corrected chi connectivity index (χ0v) is 12.2. The second-order valence-electron chi connectivity index (χ2n) is 4.92. The van der Waals surface area contributed by atoms with Gasteiger partial charge in [-0.15, -0.1) is 0 Å². The second-order valence-corrected chi connectivity index (χ2v) is 4.92. The number of nitrogens with zero attached hydrogens (tertiary/aromatic N) is 1. The quantitative estimate of drug-likeness (QED) is 0.877. The Labute approximate surface area is 121 Å². The van der Waals surface area contributed by atoms with Crippen molar-refractivity contribution in [1.82, 2.24) is 0 Å². The van der Waals surface area contributed by atoms with E-state index >= 15 is 0 Å². The van der Waals surface area contributed by atoms with Crippen LogP contribution in [0.4, 0.5) is 5.69 Å². The largest absolute Gasteiger partial charge is 0.491 e. The second kappa shape index (κ2) is 6.96. The van der Waals surface area contributed by atoms with Crippen molar-refractivity contribution in [2.75, 3.05) is 25.1 Å². The molecular weight excluding hydrogens is 248 g/mol. The number of para-hydroxylation sites is 1. The summed E-state index contributed by atoms with van der Waals surface area (Å²) in [4.78, 5) is 2.19. The number of aryl methyl sites for hydroxylation is 1. The van der Waals surface area contributed by atoms with Crippen LogP contribution >= 0.6 is 0 Å². The zero-order valence-electron chi connectivity index (χ0n) is 12.2. The predicted molar refractivity (Wildman–Crippen MR) is 84.3 cm³/mol. The van der Waals surface area contributed by atoms with E-state index < -0.39 is 0 Å². The van der Waals surface area contributed by atoms with Gasteiger partial charge >= 0.3 is 0 Å². The fraction of sp³-hybridized carbons (Fsp3) is 0.294. The van der Waals surface area contributed by atoms with Gasteiger partial charge in [0.2, 0.25) is 0 Å². The summed E-state index contributed by atoms with van der Waals surface area (Å²) in [5, 5.41) is 0. The smallest absolute Gasteiger partial charge is 0.123 e. The van der Waals surface area contributed by atoms with Crippen LogP contribution < -0.4 is 15.4 Å². The van der Waals surface area contributed by atoms with Crippen LogP contribution in [0.15, 0.2) is 48.5 Å². The van der Waals surface area contributed by atoms with Gasteiger partial charge in [-0.05, 0) is 25.1 Å². The van der Waals surface area contributed by atoms with Gasteiger partial charge in [-0.1, -0.05) is 35.9 Å². The van der Waals surface area contributed by atoms with E-state index in [9.17, 15) is 0 Å². The van der Waals surface area contributed by atoms with E-state index in [4.69, 9.17) is 10.5 Å². The first-order valence-electron chi connectivity index (χ1n) is 6.89. The minimum Gasteiger partial charge on any atom is -0.491 e. The van der Waals surface area contributed by atoms with Gasteiger partial charge in [-0.25, -0.2) is 0 Å². The summed E-state index contributed by atoms with van der Waals surface area (Å²) < 4.78 is 5.82. The number of benzene rings is 2. The van der Waals surface area contributed by atoms with Crippen LogP contribution in [0.1, 0.15) is 11.1 Å². The van der Waals surface area contributed by atoms with E-state index in [1.165, 1.54) is 11.3 Å². The molecule has 2 aromatic carbocycles. The molecule has 2 aromatic rings. The Bertz CT molecular complexity index is 537. The maximum atomic E-state index is 5.82. The van der Waals surface area contributed by atoms with Gasteiger partial charge in [0.15, 0.2) is 0 Å². The standard InChI is InChI=1S/C17H22N2O/c1-14-7-9-16(10-8-14)19(2)11-12-20-17-6-4-3-5-15(17)13-18/h3-10H,11-13,18H2,1-2H3. The van der Waals surface area contributed by atoms with Crippen LogP contribution in [0.5, 0.6) is 5.75 Å². The van der Waals surface area contributed by atoms with E-state index in [0.29, 0.717) is 13.2 Å². The van der Waals surface area contributed by atoms with Crippen molar-refractivity contribution < 1.29 is 4.74 Å². The van der Waals surface area contributed by atoms with Gasteiger partial charge in [0.25, 0.3) is 0 Å². The highest BCUT2D eigenvalue weighted by Gasteiger charge is 2.03. The van der Waals surface area contributed by atoms with Gasteiger partial charge in [-0.3, -0.25) is 0 Å². The third-order valence-corrected chi connectivity index (χ3v) is 3.35. The van der Waals surface area contributed by atoms with Crippen LogP contribution in [-0.4, -0.2) is 20.2 Å². The highest BCUT2D eigenvalue weighted by Crippen LogP contribution is 2.17. The molecule has 0 saturated heterocycles. The van der Waals surface area contributed by atoms with E-state index in [2.05, 4.69) is 43.1 Å². The predicted octanol–water partition coefficient (Wildman–Crippen LogP) is 2.97. The molecule has 20 heavy (non-hydrogen) atoms. The van der Waals surface area contributed by atoms with Crippen molar-refractivity contribution in [3.8, 4) is 5.75 Å². The summed E-state index contributed by atoms with van der Waals surface area (Å²) in [7, 11) is 2.07. The highest BCUT2D eigenvalue weighted by molar-refractivity contribution is 5.46. The zero-order chi connectivity index (χ0) is 14.4. The molecule has 0 unspecified atom stereocenters. The SMILES string of the molecule is Cc1ccc(N(C)CCOc2ccccc2CN)cc1. The molecule has 0 aliphatic heterocycles. The van der Waals surface area contributed by atoms with Crippen LogP contribution in [0.2, 0.25) is 0 Å². The van der Waals surface area contributed by atoms with E-state index in [0.717, 1.165) is 17.9 Å². The lowest BCUT2D eigenvalue weighted by Gasteiger charge is -2.20. The normalized spacial score (nSPS) is 10.3. The molecule has 2 rings (SSSR count). The van der Waals surface area contributed by atoms with Gasteiger partial charge in [0.1, 0.15) is 12.4 Å². The van der Waals surface area contributed by atoms with E-state index in [1.54, 1.807) is 0 Å². The van der Waals surface area contributed by atoms with Gasteiger partial charge in [0, 0.05) is 24.8 Å². The molecule has 0 fully saturated rings. The van der Waals surface area contributed by atoms with Crippen molar-refractivity contribution in [2.45, 2.75) is 13.5 Å². The summed E-state index contributed by atoms with van der Waals surface area (Å²) in [6.45, 7) is 4.07. The van der Waals surface area contributed by atoms with E-state index in [1.807, 2.05) is 24.3 Å². The topological polar surface area (TPSA) is 38.5 Å². The Balaban J connectivity index is 1.87. The van der Waals surface area contributed by atoms with Crippen molar-refractivity contribution in [3.05, 3.63) is 59.7 Å². The number of likely N-dealkylation sites (N-methyl/N-ethyl adjacent to an activating group) is 1. The fourth-order valence-corrected chi connectivity index (χ4v) is 2.03. The average Bonchev–Trinajstić information content (AvgIpc) is 2.48. The molecule has 0 atom stereocenters. The molecule has 0 heterocycles. The maximum Gasteiger partial charge on any atom is 0.123 e. The summed E-state index contributed by atoms with van der Waals surface area (Å²) in [6, 6.07) is 16.4. The molecule has 0 spiro atoms. The lowest BCUT2D eigenvalue weighted by atomic mass is 10.2. The Morgan fingerprint density at radius 3 is 2.45 bits per heavy atom. The van der Waals surface area contributed by atoms with Crippen molar-refractivity contribution >= 4 is 5.69 Å². The molecule has 0 radical (unpaired) electrons. The summed E-state index contributed by atoms with van der Waals surface area (Å²) in [6.07, 6.45) is 0. The number of hydrogen-bond donors (Lipinski definition) is 1. The molecule has 0 saturated carbocycles. The van der Waals surface area contributed by atoms with Crippen molar-refractivity contribution in [2.24, 2.45) is 5.73 Å². The first kappa shape index (κ1) is 14.4. The fourth-order valence-electron chi connectivity index (χ4n) is 2.03. The lowest BCUT2D eigenvalue weighted by molar-refractivity contribution is 0.322. The van der Waals surface area contributed by atoms with Crippen LogP contribution in [-0.2, 0) is 6.54 Å². The first-order valence-corrected chi connectivity index (χ1v) is 6.89. The molecule has 3 heteroatoms.